The van der Waals surface area contributed by atoms with Gasteiger partial charge < -0.3 is 10.1 Å². The van der Waals surface area contributed by atoms with Gasteiger partial charge in [-0.1, -0.05) is 34.8 Å². The van der Waals surface area contributed by atoms with Crippen LogP contribution in [0.3, 0.4) is 0 Å². The van der Waals surface area contributed by atoms with Crippen molar-refractivity contribution in [3.8, 4) is 5.75 Å². The summed E-state index contributed by atoms with van der Waals surface area (Å²) in [7, 11) is 0. The lowest BCUT2D eigenvalue weighted by Crippen LogP contribution is -2.32. The molecule has 0 aromatic heterocycles. The van der Waals surface area contributed by atoms with Gasteiger partial charge in [0.1, 0.15) is 16.5 Å². The molecule has 2 aromatic carbocycles. The topological polar surface area (TPSA) is 58.6 Å². The van der Waals surface area contributed by atoms with Crippen LogP contribution in [0, 0.1) is 0 Å². The molecule has 5 nitrogen and oxygen atoms in total. The van der Waals surface area contributed by atoms with Crippen LogP contribution < -0.4 is 15.0 Å². The molecule has 2 amide bonds. The lowest BCUT2D eigenvalue weighted by Gasteiger charge is -2.15. The minimum Gasteiger partial charge on any atom is -0.494 e. The molecule has 0 spiro atoms. The van der Waals surface area contributed by atoms with E-state index in [1.165, 1.54) is 18.2 Å². The monoisotopic (exact) mass is 410 g/mol. The first kappa shape index (κ1) is 18.6. The largest absolute Gasteiger partial charge is 0.494 e. The van der Waals surface area contributed by atoms with Gasteiger partial charge >= 0.3 is 0 Å². The molecule has 0 radical (unpaired) electrons. The van der Waals surface area contributed by atoms with Crippen molar-refractivity contribution in [2.75, 3.05) is 16.8 Å². The Morgan fingerprint density at radius 3 is 2.27 bits per heavy atom. The molecule has 2 aromatic rings. The van der Waals surface area contributed by atoms with E-state index >= 15 is 0 Å². The summed E-state index contributed by atoms with van der Waals surface area (Å²) >= 11 is 17.9. The van der Waals surface area contributed by atoms with Crippen molar-refractivity contribution in [2.45, 2.75) is 6.92 Å². The Morgan fingerprint density at radius 1 is 0.962 bits per heavy atom. The second kappa shape index (κ2) is 7.58. The van der Waals surface area contributed by atoms with Gasteiger partial charge in [-0.15, -0.1) is 0 Å². The SMILES string of the molecule is CCOc1ccc(NC2=C(Cl)C(=O)N(c3ccc(Cl)c(Cl)c3)C2=O)cc1. The lowest BCUT2D eigenvalue weighted by atomic mass is 10.2. The Bertz CT molecular complexity index is 910. The van der Waals surface area contributed by atoms with E-state index in [9.17, 15) is 9.59 Å². The van der Waals surface area contributed by atoms with Crippen LogP contribution in [0.25, 0.3) is 0 Å². The van der Waals surface area contributed by atoms with Gasteiger partial charge in [0, 0.05) is 5.69 Å². The first-order chi connectivity index (χ1) is 12.4. The quantitative estimate of drug-likeness (QED) is 0.716. The van der Waals surface area contributed by atoms with Gasteiger partial charge in [-0.2, -0.15) is 0 Å². The van der Waals surface area contributed by atoms with E-state index in [1.807, 2.05) is 6.92 Å². The normalized spacial score (nSPS) is 14.2. The third-order valence-electron chi connectivity index (χ3n) is 3.62. The van der Waals surface area contributed by atoms with Crippen LogP contribution in [0.5, 0.6) is 5.75 Å². The van der Waals surface area contributed by atoms with Crippen LogP contribution in [-0.2, 0) is 9.59 Å². The van der Waals surface area contributed by atoms with E-state index < -0.39 is 11.8 Å². The van der Waals surface area contributed by atoms with Gasteiger partial charge in [0.25, 0.3) is 11.8 Å². The van der Waals surface area contributed by atoms with Gasteiger partial charge in [0.2, 0.25) is 0 Å². The molecule has 0 fully saturated rings. The summed E-state index contributed by atoms with van der Waals surface area (Å²) in [6.07, 6.45) is 0. The predicted octanol–water partition coefficient (Wildman–Crippen LogP) is 4.83. The zero-order chi connectivity index (χ0) is 18.8. The van der Waals surface area contributed by atoms with Gasteiger partial charge in [0.05, 0.1) is 22.3 Å². The van der Waals surface area contributed by atoms with E-state index in [4.69, 9.17) is 39.5 Å². The first-order valence-electron chi connectivity index (χ1n) is 7.66. The van der Waals surface area contributed by atoms with Crippen LogP contribution in [0.2, 0.25) is 10.0 Å². The molecule has 1 aliphatic rings. The van der Waals surface area contributed by atoms with Crippen molar-refractivity contribution in [3.63, 3.8) is 0 Å². The smallest absolute Gasteiger partial charge is 0.283 e. The minimum absolute atomic E-state index is 0.00750. The number of hydrogen-bond donors (Lipinski definition) is 1. The van der Waals surface area contributed by atoms with E-state index in [-0.39, 0.29) is 21.4 Å². The fourth-order valence-electron chi connectivity index (χ4n) is 2.42. The molecule has 0 atom stereocenters. The van der Waals surface area contributed by atoms with Crippen molar-refractivity contribution in [3.05, 3.63) is 63.2 Å². The molecule has 1 aliphatic heterocycles. The highest BCUT2D eigenvalue weighted by molar-refractivity contribution is 6.53. The van der Waals surface area contributed by atoms with E-state index in [0.29, 0.717) is 23.1 Å². The Labute approximate surface area is 165 Å². The fraction of sp³-hybridized carbons (Fsp3) is 0.111. The number of carbonyl (C=O) groups is 2. The van der Waals surface area contributed by atoms with Crippen LogP contribution in [0.15, 0.2) is 53.2 Å². The molecule has 1 heterocycles. The number of ether oxygens (including phenoxy) is 1. The van der Waals surface area contributed by atoms with E-state index in [1.54, 1.807) is 24.3 Å². The van der Waals surface area contributed by atoms with Crippen molar-refractivity contribution in [1.82, 2.24) is 0 Å². The molecule has 0 saturated carbocycles. The minimum atomic E-state index is -0.636. The van der Waals surface area contributed by atoms with E-state index in [0.717, 1.165) is 4.90 Å². The fourth-order valence-corrected chi connectivity index (χ4v) is 2.92. The summed E-state index contributed by atoms with van der Waals surface area (Å²) in [6, 6.07) is 11.4. The Morgan fingerprint density at radius 2 is 1.65 bits per heavy atom. The Hall–Kier alpha value is -2.21. The zero-order valence-corrected chi connectivity index (χ0v) is 15.8. The molecule has 8 heteroatoms. The third kappa shape index (κ3) is 3.51. The number of hydrogen-bond acceptors (Lipinski definition) is 4. The summed E-state index contributed by atoms with van der Waals surface area (Å²) in [6.45, 7) is 2.44. The molecule has 26 heavy (non-hydrogen) atoms. The van der Waals surface area contributed by atoms with Crippen LogP contribution in [-0.4, -0.2) is 18.4 Å². The van der Waals surface area contributed by atoms with Gasteiger partial charge in [-0.3, -0.25) is 9.59 Å². The number of anilines is 2. The second-order valence-corrected chi connectivity index (χ2v) is 6.51. The number of nitrogens with one attached hydrogen (secondary N) is 1. The van der Waals surface area contributed by atoms with E-state index in [2.05, 4.69) is 5.32 Å². The molecule has 3 rings (SSSR count). The first-order valence-corrected chi connectivity index (χ1v) is 8.79. The number of imide groups is 1. The van der Waals surface area contributed by atoms with Gasteiger partial charge in [-0.25, -0.2) is 4.90 Å². The maximum atomic E-state index is 12.7. The van der Waals surface area contributed by atoms with Crippen LogP contribution >= 0.6 is 34.8 Å². The summed E-state index contributed by atoms with van der Waals surface area (Å²) in [5, 5.41) is 3.24. The Kier molecular flexibility index (Phi) is 5.41. The lowest BCUT2D eigenvalue weighted by molar-refractivity contribution is -0.120. The van der Waals surface area contributed by atoms with Crippen molar-refractivity contribution < 1.29 is 14.3 Å². The summed E-state index contributed by atoms with van der Waals surface area (Å²) in [5.74, 6) is -0.514. The van der Waals surface area contributed by atoms with Gasteiger partial charge in [0.15, 0.2) is 0 Å². The van der Waals surface area contributed by atoms with Crippen molar-refractivity contribution in [1.29, 1.82) is 0 Å². The molecule has 0 saturated heterocycles. The Balaban J connectivity index is 1.85. The molecule has 0 unspecified atom stereocenters. The predicted molar refractivity (Wildman–Crippen MR) is 103 cm³/mol. The van der Waals surface area contributed by atoms with Gasteiger partial charge in [-0.05, 0) is 49.4 Å². The summed E-state index contributed by atoms with van der Waals surface area (Å²) < 4.78 is 5.37. The number of amides is 2. The van der Waals surface area contributed by atoms with Crippen LogP contribution in [0.4, 0.5) is 11.4 Å². The highest BCUT2D eigenvalue weighted by atomic mass is 35.5. The zero-order valence-electron chi connectivity index (χ0n) is 13.6. The highest BCUT2D eigenvalue weighted by Gasteiger charge is 2.39. The van der Waals surface area contributed by atoms with Crippen molar-refractivity contribution >= 4 is 58.0 Å². The number of rotatable bonds is 5. The standard InChI is InChI=1S/C18H13Cl3N2O3/c1-2-26-12-6-3-10(4-7-12)22-16-15(21)17(24)23(18(16)25)11-5-8-13(19)14(20)9-11/h3-9,22H,2H2,1H3. The average Bonchev–Trinajstić information content (AvgIpc) is 2.83. The van der Waals surface area contributed by atoms with Crippen molar-refractivity contribution in [2.24, 2.45) is 0 Å². The third-order valence-corrected chi connectivity index (χ3v) is 4.71. The number of halogens is 3. The average molecular weight is 412 g/mol. The maximum absolute atomic E-state index is 12.7. The highest BCUT2D eigenvalue weighted by Crippen LogP contribution is 2.33. The van der Waals surface area contributed by atoms with Crippen LogP contribution in [0.1, 0.15) is 6.92 Å². The molecule has 0 bridgehead atoms. The molecule has 0 aliphatic carbocycles. The number of benzene rings is 2. The molecular formula is C18H13Cl3N2O3. The number of carbonyl (C=O) groups excluding carboxylic acids is 2. The maximum Gasteiger partial charge on any atom is 0.283 e. The molecule has 134 valence electrons. The second-order valence-electron chi connectivity index (χ2n) is 5.32. The number of nitrogens with zero attached hydrogens (tertiary/aromatic N) is 1. The summed E-state index contributed by atoms with van der Waals surface area (Å²) in [5.41, 5.74) is 0.877. The molecular weight excluding hydrogens is 399 g/mol. The molecule has 1 N–H and O–H groups in total. The summed E-state index contributed by atoms with van der Waals surface area (Å²) in [4.78, 5) is 26.1.